The number of thiazole rings is 1. The second kappa shape index (κ2) is 11.0. The number of amides is 1. The number of nitrogens with one attached hydrogen (secondary N) is 1. The van der Waals surface area contributed by atoms with Gasteiger partial charge in [-0.05, 0) is 73.6 Å². The Morgan fingerprint density at radius 1 is 1.18 bits per heavy atom. The monoisotopic (exact) mass is 661 g/mol. The summed E-state index contributed by atoms with van der Waals surface area (Å²) in [7, 11) is -1.94. The van der Waals surface area contributed by atoms with Crippen LogP contribution in [-0.2, 0) is 14.6 Å². The van der Waals surface area contributed by atoms with Crippen molar-refractivity contribution in [3.63, 3.8) is 0 Å². The Kier molecular flexibility index (Phi) is 7.89. The maximum absolute atomic E-state index is 13.6. The van der Waals surface area contributed by atoms with E-state index >= 15 is 0 Å². The van der Waals surface area contributed by atoms with Crippen LogP contribution >= 0.6 is 22.9 Å². The fraction of sp³-hybridized carbons (Fsp3) is 0.500. The van der Waals surface area contributed by atoms with Crippen molar-refractivity contribution in [1.82, 2.24) is 9.88 Å². The number of fused-ring (bicyclic) bond motifs is 1. The van der Waals surface area contributed by atoms with Crippen molar-refractivity contribution < 1.29 is 27.5 Å². The van der Waals surface area contributed by atoms with Crippen molar-refractivity contribution in [2.24, 2.45) is 0 Å². The summed E-state index contributed by atoms with van der Waals surface area (Å²) in [5.74, 6) is -0.329. The smallest absolute Gasteiger partial charge is 0.413 e. The lowest BCUT2D eigenvalue weighted by Gasteiger charge is -2.38. The van der Waals surface area contributed by atoms with E-state index in [0.717, 1.165) is 35.6 Å². The third-order valence-corrected chi connectivity index (χ3v) is 15.5. The summed E-state index contributed by atoms with van der Waals surface area (Å²) in [6.45, 7) is 14.9. The molecule has 1 aromatic heterocycles. The minimum absolute atomic E-state index is 0.0420. The zero-order valence-corrected chi connectivity index (χ0v) is 28.4. The van der Waals surface area contributed by atoms with Gasteiger partial charge in [0.25, 0.3) is 0 Å². The molecule has 1 saturated carbocycles. The number of hydrogen-bond acceptors (Lipinski definition) is 7. The molecule has 0 radical (unpaired) electrons. The van der Waals surface area contributed by atoms with Gasteiger partial charge in [-0.25, -0.2) is 4.98 Å². The standard InChI is InChI=1S/C32H38ClF2N3O4SSi/c1-19-27(26(22-9-7-8-10-23(22)33)38-16-13-21(18-38)42-44(5,6)30(2,3)4)43-29(36-19)37-28(39)31(14-15-31)20-11-12-24-25(17-20)41-32(34,35)40-24/h7-12,17,21,26H,13-16,18H2,1-6H3,(H,36,37,39)/t21-,26?/m0/s1. The number of benzene rings is 2. The minimum atomic E-state index is -3.71. The van der Waals surface area contributed by atoms with Gasteiger partial charge < -0.3 is 19.2 Å². The molecule has 2 aromatic carbocycles. The Morgan fingerprint density at radius 3 is 2.57 bits per heavy atom. The summed E-state index contributed by atoms with van der Waals surface area (Å²) in [6, 6.07) is 12.3. The highest BCUT2D eigenvalue weighted by Crippen LogP contribution is 2.53. The highest BCUT2D eigenvalue weighted by molar-refractivity contribution is 7.16. The van der Waals surface area contributed by atoms with Crippen LogP contribution in [0.1, 0.15) is 67.8 Å². The number of ether oxygens (including phenoxy) is 2. The Balaban J connectivity index is 1.24. The van der Waals surface area contributed by atoms with Crippen LogP contribution in [0.3, 0.4) is 0 Å². The highest BCUT2D eigenvalue weighted by Gasteiger charge is 2.53. The average Bonchev–Trinajstić information content (AvgIpc) is 3.34. The van der Waals surface area contributed by atoms with Crippen LogP contribution in [0.15, 0.2) is 42.5 Å². The molecule has 12 heteroatoms. The molecule has 236 valence electrons. The number of aryl methyl sites for hydroxylation is 1. The molecule has 7 nitrogen and oxygen atoms in total. The van der Waals surface area contributed by atoms with E-state index in [1.807, 2.05) is 25.1 Å². The van der Waals surface area contributed by atoms with E-state index in [9.17, 15) is 13.6 Å². The second-order valence-corrected chi connectivity index (χ2v) is 19.7. The first kappa shape index (κ1) is 31.4. The summed E-state index contributed by atoms with van der Waals surface area (Å²) in [5, 5.41) is 4.32. The summed E-state index contributed by atoms with van der Waals surface area (Å²) >= 11 is 8.23. The molecule has 6 rings (SSSR count). The predicted octanol–water partition coefficient (Wildman–Crippen LogP) is 8.28. The lowest BCUT2D eigenvalue weighted by molar-refractivity contribution is -0.286. The molecule has 1 amide bonds. The van der Waals surface area contributed by atoms with Crippen molar-refractivity contribution in [2.75, 3.05) is 18.4 Å². The number of anilines is 1. The van der Waals surface area contributed by atoms with Gasteiger partial charge in [0.2, 0.25) is 5.91 Å². The molecule has 3 aliphatic rings. The first-order valence-corrected chi connectivity index (χ1v) is 19.0. The average molecular weight is 662 g/mol. The van der Waals surface area contributed by atoms with Gasteiger partial charge in [0.05, 0.1) is 28.1 Å². The van der Waals surface area contributed by atoms with Gasteiger partial charge in [-0.2, -0.15) is 0 Å². The number of halogens is 3. The molecule has 2 aliphatic heterocycles. The summed E-state index contributed by atoms with van der Waals surface area (Å²) in [6.07, 6.45) is -1.46. The van der Waals surface area contributed by atoms with Crippen LogP contribution in [0.2, 0.25) is 23.2 Å². The van der Waals surface area contributed by atoms with Gasteiger partial charge in [-0.15, -0.1) is 8.78 Å². The van der Waals surface area contributed by atoms with Crippen molar-refractivity contribution in [3.8, 4) is 11.5 Å². The lowest BCUT2D eigenvalue weighted by Crippen LogP contribution is -2.44. The predicted molar refractivity (Wildman–Crippen MR) is 171 cm³/mol. The topological polar surface area (TPSA) is 72.9 Å². The van der Waals surface area contributed by atoms with Crippen molar-refractivity contribution in [1.29, 1.82) is 0 Å². The zero-order valence-electron chi connectivity index (χ0n) is 25.8. The number of rotatable bonds is 8. The number of nitrogens with zero attached hydrogens (tertiary/aromatic N) is 2. The number of aromatic nitrogens is 1. The van der Waals surface area contributed by atoms with E-state index in [4.69, 9.17) is 21.0 Å². The molecule has 1 N–H and O–H groups in total. The van der Waals surface area contributed by atoms with Crippen LogP contribution < -0.4 is 14.8 Å². The quantitative estimate of drug-likeness (QED) is 0.245. The molecule has 2 fully saturated rings. The summed E-state index contributed by atoms with van der Waals surface area (Å²) in [4.78, 5) is 21.8. The van der Waals surface area contributed by atoms with Crippen LogP contribution in [0.5, 0.6) is 11.5 Å². The number of alkyl halides is 2. The molecule has 3 heterocycles. The van der Waals surface area contributed by atoms with Gasteiger partial charge in [0.1, 0.15) is 0 Å². The van der Waals surface area contributed by atoms with Crippen LogP contribution in [0.25, 0.3) is 0 Å². The fourth-order valence-electron chi connectivity index (χ4n) is 5.83. The molecular formula is C32H38ClF2N3O4SSi. The van der Waals surface area contributed by atoms with E-state index in [-0.39, 0.29) is 34.6 Å². The zero-order chi connectivity index (χ0) is 31.7. The van der Waals surface area contributed by atoms with Gasteiger partial charge >= 0.3 is 6.29 Å². The van der Waals surface area contributed by atoms with Gasteiger partial charge in [0.15, 0.2) is 24.9 Å². The van der Waals surface area contributed by atoms with Crippen molar-refractivity contribution in [3.05, 3.63) is 69.2 Å². The maximum atomic E-state index is 13.6. The van der Waals surface area contributed by atoms with Gasteiger partial charge in [-0.3, -0.25) is 9.69 Å². The number of hydrogen-bond donors (Lipinski definition) is 1. The van der Waals surface area contributed by atoms with Gasteiger partial charge in [0, 0.05) is 18.1 Å². The molecule has 1 saturated heterocycles. The first-order chi connectivity index (χ1) is 20.6. The van der Waals surface area contributed by atoms with E-state index in [2.05, 4.69) is 59.6 Å². The second-order valence-electron chi connectivity index (χ2n) is 13.5. The van der Waals surface area contributed by atoms with E-state index < -0.39 is 20.0 Å². The van der Waals surface area contributed by atoms with E-state index in [1.54, 1.807) is 6.07 Å². The number of likely N-dealkylation sites (tertiary alicyclic amines) is 1. The van der Waals surface area contributed by atoms with Crippen molar-refractivity contribution >= 4 is 42.3 Å². The maximum Gasteiger partial charge on any atom is 0.586 e. The molecular weight excluding hydrogens is 624 g/mol. The molecule has 0 bridgehead atoms. The first-order valence-electron chi connectivity index (χ1n) is 14.9. The van der Waals surface area contributed by atoms with E-state index in [1.165, 1.54) is 23.5 Å². The molecule has 0 spiro atoms. The normalized spacial score (nSPS) is 21.3. The third-order valence-electron chi connectivity index (χ3n) is 9.45. The molecule has 44 heavy (non-hydrogen) atoms. The minimum Gasteiger partial charge on any atom is -0.413 e. The van der Waals surface area contributed by atoms with Crippen LogP contribution in [-0.4, -0.2) is 49.6 Å². The number of carbonyl (C=O) groups excluding carboxylic acids is 1. The van der Waals surface area contributed by atoms with Crippen molar-refractivity contribution in [2.45, 2.75) is 88.9 Å². The summed E-state index contributed by atoms with van der Waals surface area (Å²) in [5.41, 5.74) is 1.59. The van der Waals surface area contributed by atoms with E-state index in [0.29, 0.717) is 28.6 Å². The molecule has 3 aromatic rings. The Bertz CT molecular complexity index is 1590. The van der Waals surface area contributed by atoms with Gasteiger partial charge in [-0.1, -0.05) is 68.0 Å². The largest absolute Gasteiger partial charge is 0.586 e. The Labute approximate surface area is 267 Å². The molecule has 1 unspecified atom stereocenters. The Morgan fingerprint density at radius 2 is 1.89 bits per heavy atom. The van der Waals surface area contributed by atoms with Crippen LogP contribution in [0, 0.1) is 6.92 Å². The molecule has 1 aliphatic carbocycles. The highest BCUT2D eigenvalue weighted by atomic mass is 35.5. The third kappa shape index (κ3) is 5.89. The number of carbonyl (C=O) groups is 1. The fourth-order valence-corrected chi connectivity index (χ4v) is 8.56. The molecule has 2 atom stereocenters. The van der Waals surface area contributed by atoms with Crippen LogP contribution in [0.4, 0.5) is 13.9 Å². The SMILES string of the molecule is Cc1nc(NC(=O)C2(c3ccc4c(c3)OC(F)(F)O4)CC2)sc1C(c1ccccc1Cl)N1CC[C@H](O[Si](C)(C)C(C)(C)C)C1. The lowest BCUT2D eigenvalue weighted by atomic mass is 9.94. The Hall–Kier alpha value is -2.57. The summed E-state index contributed by atoms with van der Waals surface area (Å²) < 4.78 is 43.1.